The van der Waals surface area contributed by atoms with E-state index in [4.69, 9.17) is 0 Å². The molecule has 0 aromatic carbocycles. The highest BCUT2D eigenvalue weighted by Gasteiger charge is 2.35. The summed E-state index contributed by atoms with van der Waals surface area (Å²) >= 11 is 0. The van der Waals surface area contributed by atoms with Crippen molar-refractivity contribution in [1.82, 2.24) is 0 Å². The van der Waals surface area contributed by atoms with E-state index in [1.54, 1.807) is 0 Å². The number of hydrogen-bond acceptors (Lipinski definition) is 5. The quantitative estimate of drug-likeness (QED) is 0.205. The summed E-state index contributed by atoms with van der Waals surface area (Å²) in [4.78, 5) is 10.8. The Morgan fingerprint density at radius 1 is 1.50 bits per heavy atom. The molecule has 1 radical (unpaired) electrons. The lowest BCUT2D eigenvalue weighted by Crippen LogP contribution is -2.53. The zero-order valence-electron chi connectivity index (χ0n) is 7.69. The van der Waals surface area contributed by atoms with E-state index in [9.17, 15) is 13.6 Å². The SMILES string of the molecule is C=C(C)C(=O)OCCO[S+]([O])(=O)O[NH3+]. The van der Waals surface area contributed by atoms with E-state index < -0.39 is 16.7 Å². The Kier molecular flexibility index (Phi) is 5.50. The standard InChI is InChI=1S/C6H12NO6S/c1-5(2)6(8)11-3-4-12-14(9,10)13-7/h1,3-4H2,2,7H3/q+2. The number of quaternary nitrogens is 1. The number of carbonyl (C=O) groups excluding carboxylic acids is 1. The largest absolute Gasteiger partial charge is 0.597 e. The van der Waals surface area contributed by atoms with Crippen molar-refractivity contribution in [3.05, 3.63) is 12.2 Å². The Morgan fingerprint density at radius 3 is 2.50 bits per heavy atom. The number of hydrogen-bond donors (Lipinski definition) is 1. The number of carbonyl (C=O) groups is 1. The van der Waals surface area contributed by atoms with Crippen LogP contribution in [0.4, 0.5) is 0 Å². The molecular formula is C6H12NO6S+2. The Bertz CT molecular complexity index is 265. The van der Waals surface area contributed by atoms with E-state index in [1.807, 2.05) is 0 Å². The highest BCUT2D eigenvalue weighted by Crippen LogP contribution is 2.00. The molecule has 0 amide bonds. The van der Waals surface area contributed by atoms with Crippen LogP contribution >= 0.6 is 0 Å². The van der Waals surface area contributed by atoms with Crippen molar-refractivity contribution >= 4 is 16.7 Å². The fourth-order valence-corrected chi connectivity index (χ4v) is 0.768. The van der Waals surface area contributed by atoms with Gasteiger partial charge in [-0.25, -0.2) is 4.79 Å². The molecule has 14 heavy (non-hydrogen) atoms. The minimum Gasteiger partial charge on any atom is -0.460 e. The van der Waals surface area contributed by atoms with Crippen molar-refractivity contribution < 1.29 is 32.7 Å². The van der Waals surface area contributed by atoms with Gasteiger partial charge in [-0.15, -0.1) is 4.18 Å². The van der Waals surface area contributed by atoms with Crippen LogP contribution in [0.15, 0.2) is 12.2 Å². The van der Waals surface area contributed by atoms with Gasteiger partial charge in [-0.05, 0) is 6.92 Å². The minimum atomic E-state index is -4.06. The van der Waals surface area contributed by atoms with E-state index in [-0.39, 0.29) is 18.8 Å². The van der Waals surface area contributed by atoms with Crippen LogP contribution in [-0.2, 0) is 37.5 Å². The molecule has 8 heteroatoms. The van der Waals surface area contributed by atoms with Gasteiger partial charge in [0.15, 0.2) is 0 Å². The molecule has 1 atom stereocenters. The van der Waals surface area contributed by atoms with E-state index >= 15 is 0 Å². The first kappa shape index (κ1) is 13.2. The van der Waals surface area contributed by atoms with Gasteiger partial charge in [-0.1, -0.05) is 6.58 Å². The lowest BCUT2D eigenvalue weighted by Gasteiger charge is -2.01. The third-order valence-electron chi connectivity index (χ3n) is 1.04. The van der Waals surface area contributed by atoms with E-state index in [0.717, 1.165) is 0 Å². The summed E-state index contributed by atoms with van der Waals surface area (Å²) in [5, 5.41) is 0. The van der Waals surface area contributed by atoms with Gasteiger partial charge in [0.25, 0.3) is 0 Å². The van der Waals surface area contributed by atoms with Gasteiger partial charge >= 0.3 is 16.7 Å². The molecule has 0 aliphatic carbocycles. The Labute approximate surface area is 82.4 Å². The predicted molar refractivity (Wildman–Crippen MR) is 44.4 cm³/mol. The number of ether oxygens (including phenoxy) is 1. The summed E-state index contributed by atoms with van der Waals surface area (Å²) in [6, 6.07) is 0. The first-order chi connectivity index (χ1) is 6.39. The van der Waals surface area contributed by atoms with Gasteiger partial charge in [-0.2, -0.15) is 5.90 Å². The maximum Gasteiger partial charge on any atom is 0.597 e. The molecule has 3 N–H and O–H groups in total. The maximum atomic E-state index is 10.8. The molecule has 0 rings (SSSR count). The molecule has 0 spiro atoms. The Morgan fingerprint density at radius 2 is 2.07 bits per heavy atom. The molecule has 0 heterocycles. The second-order valence-electron chi connectivity index (χ2n) is 2.26. The first-order valence-electron chi connectivity index (χ1n) is 3.54. The maximum absolute atomic E-state index is 10.8. The molecule has 0 aliphatic heterocycles. The summed E-state index contributed by atoms with van der Waals surface area (Å²) in [7, 11) is -4.06. The molecule has 0 aliphatic rings. The summed E-state index contributed by atoms with van der Waals surface area (Å²) < 4.78 is 33.5. The third-order valence-corrected chi connectivity index (χ3v) is 1.78. The summed E-state index contributed by atoms with van der Waals surface area (Å²) in [5.41, 5.74) is 0.223. The number of rotatable bonds is 6. The van der Waals surface area contributed by atoms with Gasteiger partial charge in [0.1, 0.15) is 17.8 Å². The fourth-order valence-electron chi connectivity index (χ4n) is 0.428. The van der Waals surface area contributed by atoms with Crippen molar-refractivity contribution in [3.63, 3.8) is 0 Å². The van der Waals surface area contributed by atoms with Crippen LogP contribution in [0, 0.1) is 0 Å². The average molecular weight is 226 g/mol. The zero-order chi connectivity index (χ0) is 11.2. The van der Waals surface area contributed by atoms with Crippen LogP contribution in [0.2, 0.25) is 0 Å². The fraction of sp³-hybridized carbons (Fsp3) is 0.500. The average Bonchev–Trinajstić information content (AvgIpc) is 2.12. The highest BCUT2D eigenvalue weighted by atomic mass is 32.3. The van der Waals surface area contributed by atoms with E-state index in [1.165, 1.54) is 6.92 Å². The van der Waals surface area contributed by atoms with Crippen molar-refractivity contribution in [1.29, 1.82) is 0 Å². The molecule has 0 fully saturated rings. The Hall–Kier alpha value is -0.800. The molecule has 0 saturated carbocycles. The lowest BCUT2D eigenvalue weighted by molar-refractivity contribution is -0.640. The van der Waals surface area contributed by atoms with Gasteiger partial charge in [0.2, 0.25) is 0 Å². The van der Waals surface area contributed by atoms with Crippen LogP contribution in [0.1, 0.15) is 6.92 Å². The molecule has 0 bridgehead atoms. The molecule has 0 saturated heterocycles. The van der Waals surface area contributed by atoms with Crippen molar-refractivity contribution in [3.8, 4) is 0 Å². The van der Waals surface area contributed by atoms with Crippen LogP contribution in [0.3, 0.4) is 0 Å². The van der Waals surface area contributed by atoms with Crippen LogP contribution in [0.25, 0.3) is 0 Å². The summed E-state index contributed by atoms with van der Waals surface area (Å²) in [5.74, 6) is 2.05. The predicted octanol–water partition coefficient (Wildman–Crippen LogP) is -1.03. The van der Waals surface area contributed by atoms with Crippen LogP contribution in [0.5, 0.6) is 0 Å². The smallest absolute Gasteiger partial charge is 0.460 e. The van der Waals surface area contributed by atoms with Gasteiger partial charge in [0.05, 0.1) is 4.28 Å². The molecule has 0 aromatic heterocycles. The molecule has 1 unspecified atom stereocenters. The van der Waals surface area contributed by atoms with Gasteiger partial charge in [0, 0.05) is 9.78 Å². The normalized spacial score (nSPS) is 14.5. The van der Waals surface area contributed by atoms with Crippen molar-refractivity contribution in [2.24, 2.45) is 0 Å². The van der Waals surface area contributed by atoms with Crippen molar-refractivity contribution in [2.75, 3.05) is 13.2 Å². The monoisotopic (exact) mass is 226 g/mol. The second kappa shape index (κ2) is 5.83. The highest BCUT2D eigenvalue weighted by molar-refractivity contribution is 7.88. The third kappa shape index (κ3) is 5.78. The first-order valence-corrected chi connectivity index (χ1v) is 4.88. The topological polar surface area (TPSA) is 109 Å². The molecule has 0 aromatic rings. The molecule has 7 nitrogen and oxygen atoms in total. The van der Waals surface area contributed by atoms with Crippen LogP contribution in [-0.4, -0.2) is 19.2 Å². The second-order valence-corrected chi connectivity index (χ2v) is 3.55. The van der Waals surface area contributed by atoms with Crippen molar-refractivity contribution in [2.45, 2.75) is 6.92 Å². The van der Waals surface area contributed by atoms with Gasteiger partial charge in [-0.3, -0.25) is 0 Å². The lowest BCUT2D eigenvalue weighted by atomic mass is 10.4. The summed E-state index contributed by atoms with van der Waals surface area (Å²) in [6.45, 7) is 4.28. The zero-order valence-corrected chi connectivity index (χ0v) is 8.50. The van der Waals surface area contributed by atoms with E-state index in [0.29, 0.717) is 0 Å². The molecular weight excluding hydrogens is 214 g/mol. The Balaban J connectivity index is 3.62. The number of esters is 1. The van der Waals surface area contributed by atoms with E-state index in [2.05, 4.69) is 25.7 Å². The van der Waals surface area contributed by atoms with Crippen LogP contribution < -0.4 is 5.90 Å². The minimum absolute atomic E-state index is 0.200. The molecule has 81 valence electrons. The van der Waals surface area contributed by atoms with Gasteiger partial charge < -0.3 is 4.74 Å². The summed E-state index contributed by atoms with van der Waals surface area (Å²) in [6.07, 6.45) is 0.